The van der Waals surface area contributed by atoms with Crippen LogP contribution in [0.4, 0.5) is 0 Å². The first-order valence-electron chi connectivity index (χ1n) is 18.0. The van der Waals surface area contributed by atoms with Crippen molar-refractivity contribution in [3.63, 3.8) is 0 Å². The van der Waals surface area contributed by atoms with Crippen molar-refractivity contribution in [3.05, 3.63) is 0 Å². The molecule has 41 heavy (non-hydrogen) atoms. The summed E-state index contributed by atoms with van der Waals surface area (Å²) in [7, 11) is -1.91. The lowest BCUT2D eigenvalue weighted by Gasteiger charge is -2.64. The van der Waals surface area contributed by atoms with Crippen molar-refractivity contribution in [2.45, 2.75) is 164 Å². The minimum absolute atomic E-state index is 0.0234. The van der Waals surface area contributed by atoms with E-state index < -0.39 is 8.32 Å². The molecule has 12 atom stereocenters. The van der Waals surface area contributed by atoms with Crippen LogP contribution in [0.2, 0.25) is 18.1 Å². The molecule has 1 heterocycles. The molecule has 234 valence electrons. The summed E-state index contributed by atoms with van der Waals surface area (Å²) >= 11 is 0. The van der Waals surface area contributed by atoms with Crippen molar-refractivity contribution in [3.8, 4) is 0 Å². The summed E-state index contributed by atoms with van der Waals surface area (Å²) in [6, 6.07) is 3.54. The van der Waals surface area contributed by atoms with E-state index in [2.05, 4.69) is 76.2 Å². The molecule has 5 saturated carbocycles. The van der Waals surface area contributed by atoms with E-state index in [-0.39, 0.29) is 35.1 Å². The average Bonchev–Trinajstić information content (AvgIpc) is 3.56. The van der Waals surface area contributed by atoms with Gasteiger partial charge >= 0.3 is 0 Å². The first kappa shape index (κ1) is 30.8. The molecule has 3 nitrogen and oxygen atoms in total. The lowest BCUT2D eigenvalue weighted by molar-refractivity contribution is -0.172. The molecule has 0 aromatic rings. The van der Waals surface area contributed by atoms with Gasteiger partial charge in [0.05, 0.1) is 12.2 Å². The third-order valence-corrected chi connectivity index (χ3v) is 21.1. The highest BCUT2D eigenvalue weighted by Crippen LogP contribution is 2.89. The lowest BCUT2D eigenvalue weighted by Crippen LogP contribution is -2.60. The summed E-state index contributed by atoms with van der Waals surface area (Å²) in [6.07, 6.45) is 10.7. The van der Waals surface area contributed by atoms with E-state index >= 15 is 0 Å². The number of hydrogen-bond donors (Lipinski definition) is 0. The van der Waals surface area contributed by atoms with Gasteiger partial charge in [-0.25, -0.2) is 0 Å². The Bertz CT molecular complexity index is 1040. The molecule has 1 aliphatic heterocycles. The zero-order chi connectivity index (χ0) is 30.0. The quantitative estimate of drug-likeness (QED) is 0.279. The number of ether oxygens (including phenoxy) is 1. The Kier molecular flexibility index (Phi) is 7.26. The lowest BCUT2D eigenvalue weighted by atomic mass is 9.41. The van der Waals surface area contributed by atoms with Crippen LogP contribution in [0.25, 0.3) is 0 Å². The standard InChI is InChI=1S/C37H64O3Si/c1-12-41(13-2,14-3)40-32-31-29(24(6)21-26(39-31)30(38)23(4)5)34(10)19-20-37-22-36(37)18-17-25(7)33(8,9)27(36)15-16-28(37)35(32,34)11/h23-29,31-32H,12-22H2,1-11H3/t24-,25+,26-,27+,28+,29?,31+,32+,34-,35-,36-,37+/m1/s1. The maximum absolute atomic E-state index is 13.4. The highest BCUT2D eigenvalue weighted by atomic mass is 28.4. The topological polar surface area (TPSA) is 35.5 Å². The molecule has 6 rings (SSSR count). The van der Waals surface area contributed by atoms with Crippen LogP contribution in [0, 0.1) is 62.6 Å². The number of rotatable bonds is 7. The SMILES string of the molecule is CC[Si](CC)(CC)O[C@H]1[C@H]2O[C@@H](C(=O)C(C)C)C[C@@H](C)C2[C@@]2(C)CC[C@@]34C[C@@]35CC[C@H](C)C(C)(C)[C@@H]5CC[C@H]4[C@]12C. The molecule has 1 unspecified atom stereocenters. The number of ketones is 1. The van der Waals surface area contributed by atoms with Crippen molar-refractivity contribution in [2.75, 3.05) is 0 Å². The number of carbonyl (C=O) groups is 1. The third-order valence-electron chi connectivity index (χ3n) is 16.5. The highest BCUT2D eigenvalue weighted by molar-refractivity contribution is 6.73. The first-order chi connectivity index (χ1) is 19.1. The van der Waals surface area contributed by atoms with Crippen molar-refractivity contribution in [2.24, 2.45) is 62.6 Å². The van der Waals surface area contributed by atoms with Gasteiger partial charge in [0, 0.05) is 11.3 Å². The number of hydrogen-bond acceptors (Lipinski definition) is 3. The van der Waals surface area contributed by atoms with E-state index in [0.717, 1.165) is 24.2 Å². The Hall–Kier alpha value is -0.193. The Morgan fingerprint density at radius 1 is 0.902 bits per heavy atom. The molecule has 0 aromatic heterocycles. The van der Waals surface area contributed by atoms with E-state index in [4.69, 9.17) is 9.16 Å². The normalized spacial score (nSPS) is 51.7. The smallest absolute Gasteiger partial charge is 0.192 e. The van der Waals surface area contributed by atoms with Crippen LogP contribution in [-0.2, 0) is 14.0 Å². The fraction of sp³-hybridized carbons (Fsp3) is 0.973. The fourth-order valence-corrected chi connectivity index (χ4v) is 16.4. The number of fused-ring (bicyclic) bond motifs is 4. The molecule has 0 amide bonds. The van der Waals surface area contributed by atoms with E-state index in [1.807, 2.05) is 0 Å². The summed E-state index contributed by atoms with van der Waals surface area (Å²) < 4.78 is 14.9. The molecular weight excluding hydrogens is 520 g/mol. The van der Waals surface area contributed by atoms with Crippen molar-refractivity contribution in [1.82, 2.24) is 0 Å². The predicted molar refractivity (Wildman–Crippen MR) is 171 cm³/mol. The molecule has 1 saturated heterocycles. The molecule has 6 aliphatic rings. The van der Waals surface area contributed by atoms with Gasteiger partial charge in [0.25, 0.3) is 0 Å². The van der Waals surface area contributed by atoms with Crippen LogP contribution >= 0.6 is 0 Å². The minimum atomic E-state index is -1.91. The van der Waals surface area contributed by atoms with E-state index in [0.29, 0.717) is 33.9 Å². The molecule has 0 bridgehead atoms. The third kappa shape index (κ3) is 3.71. The Labute approximate surface area is 254 Å². The van der Waals surface area contributed by atoms with Crippen LogP contribution in [0.1, 0.15) is 128 Å². The van der Waals surface area contributed by atoms with Gasteiger partial charge < -0.3 is 9.16 Å². The average molecular weight is 585 g/mol. The zero-order valence-electron chi connectivity index (χ0n) is 28.7. The van der Waals surface area contributed by atoms with Crippen molar-refractivity contribution in [1.29, 1.82) is 0 Å². The van der Waals surface area contributed by atoms with Gasteiger partial charge in [0.1, 0.15) is 6.10 Å². The largest absolute Gasteiger partial charge is 0.411 e. The van der Waals surface area contributed by atoms with E-state index in [1.54, 1.807) is 0 Å². The molecule has 4 heteroatoms. The van der Waals surface area contributed by atoms with E-state index in [1.165, 1.54) is 63.1 Å². The highest BCUT2D eigenvalue weighted by Gasteiger charge is 2.84. The fourth-order valence-electron chi connectivity index (χ4n) is 13.5. The second-order valence-electron chi connectivity index (χ2n) is 17.8. The second kappa shape index (κ2) is 9.65. The van der Waals surface area contributed by atoms with Gasteiger partial charge in [-0.15, -0.1) is 0 Å². The van der Waals surface area contributed by atoms with Crippen molar-refractivity contribution >= 4 is 14.1 Å². The Morgan fingerprint density at radius 3 is 2.12 bits per heavy atom. The van der Waals surface area contributed by atoms with Crippen LogP contribution in [0.15, 0.2) is 0 Å². The minimum Gasteiger partial charge on any atom is -0.411 e. The number of carbonyl (C=O) groups excluding carboxylic acids is 1. The Morgan fingerprint density at radius 2 is 1.51 bits per heavy atom. The van der Waals surface area contributed by atoms with Gasteiger partial charge in [-0.05, 0) is 121 Å². The van der Waals surface area contributed by atoms with Gasteiger partial charge in [-0.2, -0.15) is 0 Å². The molecule has 0 aromatic carbocycles. The predicted octanol–water partition coefficient (Wildman–Crippen LogP) is 9.69. The number of Topliss-reactive ketones (excluding diaryl/α,β-unsaturated/α-hetero) is 1. The summed E-state index contributed by atoms with van der Waals surface area (Å²) in [5.41, 5.74) is 1.82. The monoisotopic (exact) mass is 584 g/mol. The first-order valence-corrected chi connectivity index (χ1v) is 20.5. The van der Waals surface area contributed by atoms with Crippen LogP contribution in [-0.4, -0.2) is 32.4 Å². The second-order valence-corrected chi connectivity index (χ2v) is 22.5. The summed E-state index contributed by atoms with van der Waals surface area (Å²) in [4.78, 5) is 13.4. The van der Waals surface area contributed by atoms with Crippen LogP contribution < -0.4 is 0 Å². The van der Waals surface area contributed by atoms with Crippen LogP contribution in [0.3, 0.4) is 0 Å². The molecule has 2 spiro atoms. The van der Waals surface area contributed by atoms with Gasteiger partial charge in [-0.1, -0.05) is 76.2 Å². The maximum atomic E-state index is 13.4. The summed E-state index contributed by atoms with van der Waals surface area (Å²) in [6.45, 7) is 26.9. The summed E-state index contributed by atoms with van der Waals surface area (Å²) in [5, 5.41) is 0. The molecule has 5 aliphatic carbocycles. The molecular formula is C37H64O3Si. The van der Waals surface area contributed by atoms with Gasteiger partial charge in [0.15, 0.2) is 14.1 Å². The zero-order valence-corrected chi connectivity index (χ0v) is 29.7. The molecule has 0 radical (unpaired) electrons. The van der Waals surface area contributed by atoms with Gasteiger partial charge in [-0.3, -0.25) is 4.79 Å². The summed E-state index contributed by atoms with van der Waals surface area (Å²) in [5.74, 6) is 3.74. The molecule has 6 fully saturated rings. The molecule has 0 N–H and O–H groups in total. The maximum Gasteiger partial charge on any atom is 0.192 e. The van der Waals surface area contributed by atoms with Crippen LogP contribution in [0.5, 0.6) is 0 Å². The van der Waals surface area contributed by atoms with Gasteiger partial charge in [0.2, 0.25) is 0 Å². The Balaban J connectivity index is 1.46. The van der Waals surface area contributed by atoms with E-state index in [9.17, 15) is 4.79 Å². The van der Waals surface area contributed by atoms with Crippen molar-refractivity contribution < 1.29 is 14.0 Å².